The van der Waals surface area contributed by atoms with Gasteiger partial charge in [0.15, 0.2) is 0 Å². The molecule has 0 saturated carbocycles. The van der Waals surface area contributed by atoms with Crippen molar-refractivity contribution in [1.29, 1.82) is 0 Å². The molecule has 9 nitrogen and oxygen atoms in total. The Morgan fingerprint density at radius 3 is 2.46 bits per heavy atom. The summed E-state index contributed by atoms with van der Waals surface area (Å²) in [6, 6.07) is 8.63. The van der Waals surface area contributed by atoms with E-state index in [1.807, 2.05) is 24.4 Å². The van der Waals surface area contributed by atoms with Crippen molar-refractivity contribution in [1.82, 2.24) is 24.6 Å². The van der Waals surface area contributed by atoms with Gasteiger partial charge in [-0.25, -0.2) is 18.2 Å². The smallest absolute Gasteiger partial charge is 0.287 e. The molecule has 0 bridgehead atoms. The Kier molecular flexibility index (Phi) is 6.92. The van der Waals surface area contributed by atoms with Crippen LogP contribution in [0.4, 0.5) is 13.2 Å². The van der Waals surface area contributed by atoms with Crippen LogP contribution in [0.25, 0.3) is 27.8 Å². The number of aliphatic hydroxyl groups is 1. The summed E-state index contributed by atoms with van der Waals surface area (Å²) >= 11 is 0. The highest BCUT2D eigenvalue weighted by Gasteiger charge is 2.27. The number of aromatic nitrogens is 4. The van der Waals surface area contributed by atoms with Crippen molar-refractivity contribution in [3.8, 4) is 28.3 Å². The molecule has 4 aromatic rings. The summed E-state index contributed by atoms with van der Waals surface area (Å²) in [6.07, 6.45) is -1.11. The van der Waals surface area contributed by atoms with Crippen LogP contribution in [0.3, 0.4) is 0 Å². The molecule has 2 N–H and O–H groups in total. The van der Waals surface area contributed by atoms with E-state index in [4.69, 9.17) is 14.6 Å². The number of methoxy groups -OCH3 is 2. The van der Waals surface area contributed by atoms with Crippen molar-refractivity contribution >= 4 is 16.9 Å². The number of nitrogens with one attached hydrogen (secondary N) is 1. The number of halogens is 3. The highest BCUT2D eigenvalue weighted by Crippen LogP contribution is 2.34. The summed E-state index contributed by atoms with van der Waals surface area (Å²) in [5.41, 5.74) is 3.46. The first-order chi connectivity index (χ1) is 16.9. The van der Waals surface area contributed by atoms with Gasteiger partial charge in [0.1, 0.15) is 23.4 Å². The fourth-order valence-corrected chi connectivity index (χ4v) is 3.66. The summed E-state index contributed by atoms with van der Waals surface area (Å²) in [7, 11) is 2.59. The quantitative estimate of drug-likeness (QED) is 0.350. The predicted molar refractivity (Wildman–Crippen MR) is 121 cm³/mol. The lowest BCUT2D eigenvalue weighted by Crippen LogP contribution is -2.36. The zero-order valence-corrected chi connectivity index (χ0v) is 18.8. The molecule has 0 aliphatic carbocycles. The number of alkyl halides is 3. The van der Waals surface area contributed by atoms with Crippen molar-refractivity contribution in [2.75, 3.05) is 20.8 Å². The van der Waals surface area contributed by atoms with Crippen molar-refractivity contribution in [2.45, 2.75) is 19.3 Å². The van der Waals surface area contributed by atoms with Crippen LogP contribution in [0.2, 0.25) is 0 Å². The van der Waals surface area contributed by atoms with Gasteiger partial charge in [-0.05, 0) is 17.7 Å². The lowest BCUT2D eigenvalue weighted by Gasteiger charge is -2.17. The molecule has 4 rings (SSSR count). The Hall–Kier alpha value is -4.06. The zero-order valence-electron chi connectivity index (χ0n) is 18.8. The molecule has 0 spiro atoms. The first kappa shape index (κ1) is 24.1. The second-order valence-electron chi connectivity index (χ2n) is 7.47. The number of aliphatic hydroxyl groups excluding tert-OH is 1. The van der Waals surface area contributed by atoms with Gasteiger partial charge in [0, 0.05) is 23.9 Å². The van der Waals surface area contributed by atoms with Crippen LogP contribution in [0, 0.1) is 0 Å². The van der Waals surface area contributed by atoms with E-state index in [0.29, 0.717) is 17.7 Å². The van der Waals surface area contributed by atoms with E-state index < -0.39 is 18.6 Å². The van der Waals surface area contributed by atoms with Crippen LogP contribution < -0.4 is 14.8 Å². The monoisotopic (exact) mass is 489 g/mol. The molecule has 2 heterocycles. The van der Waals surface area contributed by atoms with Gasteiger partial charge in [-0.15, -0.1) is 0 Å². The Morgan fingerprint density at radius 2 is 1.83 bits per heavy atom. The van der Waals surface area contributed by atoms with Crippen LogP contribution in [-0.4, -0.2) is 63.9 Å². The lowest BCUT2D eigenvalue weighted by atomic mass is 10.1. The second-order valence-corrected chi connectivity index (χ2v) is 7.47. The number of benzene rings is 2. The van der Waals surface area contributed by atoms with Gasteiger partial charge in [-0.2, -0.15) is 5.10 Å². The molecule has 1 unspecified atom stereocenters. The number of imidazole rings is 1. The zero-order chi connectivity index (χ0) is 25.1. The number of hydrogen-bond acceptors (Lipinski definition) is 6. The van der Waals surface area contributed by atoms with Gasteiger partial charge in [-0.3, -0.25) is 14.0 Å². The summed E-state index contributed by atoms with van der Waals surface area (Å²) in [6.45, 7) is 0.376. The van der Waals surface area contributed by atoms with E-state index in [0.717, 1.165) is 16.6 Å². The normalized spacial score (nSPS) is 12.2. The molecule has 184 valence electrons. The minimum Gasteiger partial charge on any atom is -0.496 e. The van der Waals surface area contributed by atoms with E-state index >= 15 is 0 Å². The summed E-state index contributed by atoms with van der Waals surface area (Å²) in [5, 5.41) is 14.9. The molecular weight excluding hydrogens is 467 g/mol. The van der Waals surface area contributed by atoms with Crippen LogP contribution in [0.1, 0.15) is 10.4 Å². The largest absolute Gasteiger partial charge is 0.496 e. The number of hydrogen-bond donors (Lipinski definition) is 2. The molecule has 2 aromatic carbocycles. The Labute approximate surface area is 197 Å². The maximum atomic E-state index is 13.4. The standard InChI is InChI=1S/C23H22F3N5O4/c1-34-18-8-15(9-19(35-2)20(18)23(33)29-22(26)21(24)25)31-12-27-16-7-13(3-4-17(16)31)14-10-28-30(11-14)5-6-32/h3-4,7-12,21-22,32H,5-6H2,1-2H3,(H,29,33). The molecule has 1 amide bonds. The number of carbonyl (C=O) groups excluding carboxylic acids is 1. The van der Waals surface area contributed by atoms with Crippen LogP contribution in [0.15, 0.2) is 49.1 Å². The molecule has 2 aromatic heterocycles. The lowest BCUT2D eigenvalue weighted by molar-refractivity contribution is 0.0285. The van der Waals surface area contributed by atoms with Gasteiger partial charge in [0.25, 0.3) is 12.3 Å². The predicted octanol–water partition coefficient (Wildman–Crippen LogP) is 3.19. The molecule has 35 heavy (non-hydrogen) atoms. The van der Waals surface area contributed by atoms with E-state index in [-0.39, 0.29) is 23.7 Å². The molecule has 1 atom stereocenters. The number of amides is 1. The SMILES string of the molecule is COc1cc(-n2cnc3cc(-c4cnn(CCO)c4)ccc32)cc(OC)c1C(=O)NC(F)C(F)F. The number of carbonyl (C=O) groups is 1. The van der Waals surface area contributed by atoms with Gasteiger partial charge >= 0.3 is 0 Å². The summed E-state index contributed by atoms with van der Waals surface area (Å²) < 4.78 is 52.5. The fourth-order valence-electron chi connectivity index (χ4n) is 3.66. The molecule has 0 aliphatic heterocycles. The maximum Gasteiger partial charge on any atom is 0.287 e. The number of ether oxygens (including phenoxy) is 2. The minimum absolute atomic E-state index is 0.00749. The van der Waals surface area contributed by atoms with E-state index in [1.165, 1.54) is 26.4 Å². The van der Waals surface area contributed by atoms with Gasteiger partial charge in [-0.1, -0.05) is 6.07 Å². The average molecular weight is 489 g/mol. The molecule has 0 aliphatic rings. The van der Waals surface area contributed by atoms with Crippen molar-refractivity contribution in [3.63, 3.8) is 0 Å². The number of fused-ring (bicyclic) bond motifs is 1. The Bertz CT molecular complexity index is 1330. The van der Waals surface area contributed by atoms with E-state index in [9.17, 15) is 18.0 Å². The van der Waals surface area contributed by atoms with Gasteiger partial charge < -0.3 is 19.9 Å². The number of nitrogens with zero attached hydrogens (tertiary/aromatic N) is 4. The van der Waals surface area contributed by atoms with Crippen LogP contribution >= 0.6 is 0 Å². The van der Waals surface area contributed by atoms with Crippen molar-refractivity contribution in [2.24, 2.45) is 0 Å². The van der Waals surface area contributed by atoms with E-state index in [2.05, 4.69) is 10.1 Å². The molecular formula is C23H22F3N5O4. The first-order valence-corrected chi connectivity index (χ1v) is 10.5. The second kappa shape index (κ2) is 10.1. The van der Waals surface area contributed by atoms with Crippen molar-refractivity contribution < 1.29 is 32.5 Å². The average Bonchev–Trinajstić information content (AvgIpc) is 3.50. The van der Waals surface area contributed by atoms with Gasteiger partial charge in [0.05, 0.1) is 50.3 Å². The summed E-state index contributed by atoms with van der Waals surface area (Å²) in [5.74, 6) is -1.08. The first-order valence-electron chi connectivity index (χ1n) is 10.5. The Balaban J connectivity index is 1.71. The minimum atomic E-state index is -3.37. The van der Waals surface area contributed by atoms with Crippen LogP contribution in [-0.2, 0) is 6.54 Å². The molecule has 12 heteroatoms. The topological polar surface area (TPSA) is 103 Å². The van der Waals surface area contributed by atoms with E-state index in [1.54, 1.807) is 27.1 Å². The van der Waals surface area contributed by atoms with Gasteiger partial charge in [0.2, 0.25) is 6.30 Å². The molecule has 0 fully saturated rings. The van der Waals surface area contributed by atoms with Crippen molar-refractivity contribution in [3.05, 3.63) is 54.6 Å². The number of rotatable bonds is 9. The third kappa shape index (κ3) is 4.78. The third-order valence-corrected chi connectivity index (χ3v) is 5.33. The Morgan fingerprint density at radius 1 is 1.11 bits per heavy atom. The highest BCUT2D eigenvalue weighted by molar-refractivity contribution is 6.00. The summed E-state index contributed by atoms with van der Waals surface area (Å²) in [4.78, 5) is 16.9. The third-order valence-electron chi connectivity index (χ3n) is 5.33. The highest BCUT2D eigenvalue weighted by atomic mass is 19.3. The maximum absolute atomic E-state index is 13.4. The van der Waals surface area contributed by atoms with Crippen LogP contribution in [0.5, 0.6) is 11.5 Å². The molecule has 0 radical (unpaired) electrons. The fraction of sp³-hybridized carbons (Fsp3) is 0.261. The molecule has 0 saturated heterocycles.